The Morgan fingerprint density at radius 2 is 1.73 bits per heavy atom. The van der Waals surface area contributed by atoms with E-state index in [2.05, 4.69) is 72.8 Å². The minimum atomic E-state index is 0.175. The van der Waals surface area contributed by atoms with E-state index in [4.69, 9.17) is 9.47 Å². The number of likely N-dealkylation sites (N-methyl/N-ethyl adjacent to an activating group) is 1. The van der Waals surface area contributed by atoms with Crippen molar-refractivity contribution in [1.29, 1.82) is 0 Å². The Hall–Kier alpha value is -2.82. The number of hydrogen-bond acceptors (Lipinski definition) is 4. The minimum absolute atomic E-state index is 0.175. The van der Waals surface area contributed by atoms with Crippen LogP contribution in [-0.2, 0) is 13.0 Å². The fraction of sp³-hybridized carbons (Fsp3) is 0.308. The molecule has 0 amide bonds. The summed E-state index contributed by atoms with van der Waals surface area (Å²) in [6.07, 6.45) is 1.01. The molecule has 0 spiro atoms. The first-order valence-electron chi connectivity index (χ1n) is 10.6. The van der Waals surface area contributed by atoms with E-state index in [0.717, 1.165) is 31.0 Å². The van der Waals surface area contributed by atoms with Gasteiger partial charge in [-0.3, -0.25) is 0 Å². The van der Waals surface area contributed by atoms with Crippen LogP contribution in [0.2, 0.25) is 0 Å². The van der Waals surface area contributed by atoms with Crippen molar-refractivity contribution in [3.63, 3.8) is 0 Å². The van der Waals surface area contributed by atoms with Gasteiger partial charge in [0.2, 0.25) is 0 Å². The topological polar surface area (TPSA) is 33.7 Å². The van der Waals surface area contributed by atoms with Gasteiger partial charge in [0.25, 0.3) is 0 Å². The average molecular weight is 403 g/mol. The van der Waals surface area contributed by atoms with Gasteiger partial charge >= 0.3 is 0 Å². The van der Waals surface area contributed by atoms with Crippen molar-refractivity contribution in [3.8, 4) is 11.5 Å². The number of rotatable bonds is 8. The normalized spacial score (nSPS) is 15.6. The first-order valence-corrected chi connectivity index (χ1v) is 10.6. The van der Waals surface area contributed by atoms with E-state index in [1.54, 1.807) is 0 Å². The van der Waals surface area contributed by atoms with Crippen LogP contribution in [0.1, 0.15) is 28.3 Å². The van der Waals surface area contributed by atoms with Crippen LogP contribution in [0.4, 0.5) is 0 Å². The van der Waals surface area contributed by atoms with Crippen LogP contribution in [0.15, 0.2) is 72.8 Å². The van der Waals surface area contributed by atoms with E-state index < -0.39 is 0 Å². The van der Waals surface area contributed by atoms with E-state index in [-0.39, 0.29) is 6.04 Å². The Balaban J connectivity index is 1.47. The van der Waals surface area contributed by atoms with Crippen LogP contribution in [0.25, 0.3) is 0 Å². The van der Waals surface area contributed by atoms with Crippen LogP contribution in [0, 0.1) is 0 Å². The Labute approximate surface area is 179 Å². The second-order valence-corrected chi connectivity index (χ2v) is 8.00. The van der Waals surface area contributed by atoms with Gasteiger partial charge in [-0.1, -0.05) is 48.5 Å². The second-order valence-electron chi connectivity index (χ2n) is 8.00. The second kappa shape index (κ2) is 9.79. The summed E-state index contributed by atoms with van der Waals surface area (Å²) in [6.45, 7) is 3.13. The standard InChI is InChI=1S/C26H30N2O2/c1-28(2)15-16-29-23-10-6-9-22(18-23)26-25-12-11-24(17-21(25)13-14-27-26)30-19-20-7-4-3-5-8-20/h3-12,17-18,26-27H,13-16,19H2,1-2H3. The molecule has 0 aliphatic carbocycles. The van der Waals surface area contributed by atoms with Gasteiger partial charge in [-0.2, -0.15) is 0 Å². The van der Waals surface area contributed by atoms with Crippen LogP contribution < -0.4 is 14.8 Å². The van der Waals surface area contributed by atoms with Gasteiger partial charge in [-0.05, 0) is 67.0 Å². The maximum absolute atomic E-state index is 6.04. The molecular formula is C26H30N2O2. The summed E-state index contributed by atoms with van der Waals surface area (Å²) in [6, 6.07) is 25.4. The molecule has 4 rings (SSSR count). The summed E-state index contributed by atoms with van der Waals surface area (Å²) in [5.41, 5.74) is 5.08. The van der Waals surface area contributed by atoms with Crippen molar-refractivity contribution in [1.82, 2.24) is 10.2 Å². The Bertz CT molecular complexity index is 956. The zero-order chi connectivity index (χ0) is 20.8. The average Bonchev–Trinajstić information content (AvgIpc) is 2.78. The first kappa shape index (κ1) is 20.5. The molecule has 156 valence electrons. The molecule has 1 atom stereocenters. The van der Waals surface area contributed by atoms with E-state index in [1.807, 2.05) is 24.3 Å². The number of nitrogens with one attached hydrogen (secondary N) is 1. The van der Waals surface area contributed by atoms with Gasteiger partial charge in [0.15, 0.2) is 0 Å². The Morgan fingerprint density at radius 1 is 0.900 bits per heavy atom. The summed E-state index contributed by atoms with van der Waals surface area (Å²) < 4.78 is 12.0. The van der Waals surface area contributed by atoms with Crippen LogP contribution in [0.3, 0.4) is 0 Å². The zero-order valence-corrected chi connectivity index (χ0v) is 17.8. The van der Waals surface area contributed by atoms with Crippen LogP contribution >= 0.6 is 0 Å². The highest BCUT2D eigenvalue weighted by Gasteiger charge is 2.22. The molecule has 4 nitrogen and oxygen atoms in total. The SMILES string of the molecule is CN(C)CCOc1cccc(C2NCCc3cc(OCc4ccccc4)ccc32)c1. The van der Waals surface area contributed by atoms with Gasteiger partial charge in [0, 0.05) is 13.1 Å². The van der Waals surface area contributed by atoms with Crippen LogP contribution in [-0.4, -0.2) is 38.7 Å². The summed E-state index contributed by atoms with van der Waals surface area (Å²) in [7, 11) is 4.11. The Kier molecular flexibility index (Phi) is 6.67. The largest absolute Gasteiger partial charge is 0.492 e. The number of benzene rings is 3. The van der Waals surface area contributed by atoms with Gasteiger partial charge in [0.05, 0.1) is 6.04 Å². The summed E-state index contributed by atoms with van der Waals surface area (Å²) in [5.74, 6) is 1.85. The lowest BCUT2D eigenvalue weighted by Gasteiger charge is -2.28. The molecule has 30 heavy (non-hydrogen) atoms. The minimum Gasteiger partial charge on any atom is -0.492 e. The third-order valence-corrected chi connectivity index (χ3v) is 5.42. The molecule has 0 bridgehead atoms. The molecule has 0 radical (unpaired) electrons. The van der Waals surface area contributed by atoms with Gasteiger partial charge < -0.3 is 19.7 Å². The van der Waals surface area contributed by atoms with Crippen molar-refractivity contribution in [3.05, 3.63) is 95.1 Å². The van der Waals surface area contributed by atoms with Crippen molar-refractivity contribution < 1.29 is 9.47 Å². The molecule has 0 aromatic heterocycles. The molecule has 3 aromatic rings. The summed E-state index contributed by atoms with van der Waals surface area (Å²) >= 11 is 0. The van der Waals surface area contributed by atoms with E-state index >= 15 is 0 Å². The van der Waals surface area contributed by atoms with Crippen LogP contribution in [0.5, 0.6) is 11.5 Å². The third kappa shape index (κ3) is 5.21. The zero-order valence-electron chi connectivity index (χ0n) is 17.8. The molecule has 1 aliphatic rings. The number of fused-ring (bicyclic) bond motifs is 1. The predicted octanol–water partition coefficient (Wildman–Crippen LogP) is 4.44. The van der Waals surface area contributed by atoms with Gasteiger partial charge in [0.1, 0.15) is 24.7 Å². The van der Waals surface area contributed by atoms with Crippen molar-refractivity contribution in [2.24, 2.45) is 0 Å². The quantitative estimate of drug-likeness (QED) is 0.604. The highest BCUT2D eigenvalue weighted by atomic mass is 16.5. The molecule has 4 heteroatoms. The first-order chi connectivity index (χ1) is 14.7. The predicted molar refractivity (Wildman–Crippen MR) is 121 cm³/mol. The number of hydrogen-bond donors (Lipinski definition) is 1. The molecule has 0 fully saturated rings. The maximum atomic E-state index is 6.04. The molecule has 3 aromatic carbocycles. The maximum Gasteiger partial charge on any atom is 0.120 e. The van der Waals surface area contributed by atoms with E-state index in [0.29, 0.717) is 13.2 Å². The monoisotopic (exact) mass is 402 g/mol. The van der Waals surface area contributed by atoms with Gasteiger partial charge in [-0.25, -0.2) is 0 Å². The lowest BCUT2D eigenvalue weighted by Crippen LogP contribution is -2.30. The van der Waals surface area contributed by atoms with Crippen molar-refractivity contribution in [2.75, 3.05) is 33.8 Å². The molecule has 1 unspecified atom stereocenters. The summed E-state index contributed by atoms with van der Waals surface area (Å²) in [5, 5.41) is 3.67. The molecule has 0 saturated heterocycles. The fourth-order valence-electron chi connectivity index (χ4n) is 3.80. The summed E-state index contributed by atoms with van der Waals surface area (Å²) in [4.78, 5) is 2.13. The van der Waals surface area contributed by atoms with E-state index in [9.17, 15) is 0 Å². The van der Waals surface area contributed by atoms with E-state index in [1.165, 1.54) is 22.3 Å². The van der Waals surface area contributed by atoms with Crippen molar-refractivity contribution in [2.45, 2.75) is 19.1 Å². The number of ether oxygens (including phenoxy) is 2. The molecular weight excluding hydrogens is 372 g/mol. The molecule has 1 aliphatic heterocycles. The lowest BCUT2D eigenvalue weighted by atomic mass is 9.89. The smallest absolute Gasteiger partial charge is 0.120 e. The third-order valence-electron chi connectivity index (χ3n) is 5.42. The van der Waals surface area contributed by atoms with Crippen molar-refractivity contribution >= 4 is 0 Å². The highest BCUT2D eigenvalue weighted by molar-refractivity contribution is 5.45. The number of nitrogens with zero attached hydrogens (tertiary/aromatic N) is 1. The molecule has 0 saturated carbocycles. The lowest BCUT2D eigenvalue weighted by molar-refractivity contribution is 0.261. The fourth-order valence-corrected chi connectivity index (χ4v) is 3.80. The Morgan fingerprint density at radius 3 is 2.57 bits per heavy atom. The highest BCUT2D eigenvalue weighted by Crippen LogP contribution is 2.32. The molecule has 1 heterocycles. The van der Waals surface area contributed by atoms with Gasteiger partial charge in [-0.15, -0.1) is 0 Å². The molecule has 1 N–H and O–H groups in total.